The zero-order valence-corrected chi connectivity index (χ0v) is 56.3. The predicted octanol–water partition coefficient (Wildman–Crippen LogP) is -1.63. The highest BCUT2D eigenvalue weighted by Gasteiger charge is 2.76. The van der Waals surface area contributed by atoms with Gasteiger partial charge in [-0.15, -0.1) is 6.58 Å². The van der Waals surface area contributed by atoms with E-state index in [1.165, 1.54) is 33.6 Å². The van der Waals surface area contributed by atoms with Crippen LogP contribution in [0, 0.1) is 39.4 Å². The third-order valence-electron chi connectivity index (χ3n) is 23.8. The van der Waals surface area contributed by atoms with Crippen molar-refractivity contribution in [3.8, 4) is 0 Å². The average molecular weight is 1380 g/mol. The Labute approximate surface area is 558 Å². The molecule has 0 aromatic rings. The molecule has 11 aliphatic rings. The highest BCUT2D eigenvalue weighted by atomic mass is 16.8. The number of hydrogen-bond donors (Lipinski definition) is 12. The van der Waals surface area contributed by atoms with Crippen molar-refractivity contribution < 1.29 is 147 Å². The predicted molar refractivity (Wildman–Crippen MR) is 323 cm³/mol. The van der Waals surface area contributed by atoms with E-state index in [4.69, 9.17) is 75.8 Å². The highest BCUT2D eigenvalue weighted by Crippen LogP contribution is 2.76. The maximum Gasteiger partial charge on any atom is 0.313 e. The molecule has 0 aromatic heterocycles. The quantitative estimate of drug-likeness (QED) is 0.0481. The van der Waals surface area contributed by atoms with Gasteiger partial charge in [-0.05, 0) is 88.4 Å². The molecule has 35 atom stereocenters. The number of ether oxygens (including phenoxy) is 16. The Morgan fingerprint density at radius 3 is 1.74 bits per heavy atom. The molecule has 12 N–H and O–H groups in total. The van der Waals surface area contributed by atoms with E-state index in [-0.39, 0.29) is 42.4 Å². The number of carbonyl (C=O) groups excluding carboxylic acids is 2. The Bertz CT molecular complexity index is 2730. The molecule has 4 aliphatic carbocycles. The molecule has 30 nitrogen and oxygen atoms in total. The second-order valence-corrected chi connectivity index (χ2v) is 30.1. The van der Waals surface area contributed by atoms with Gasteiger partial charge in [0.15, 0.2) is 37.7 Å². The number of fused-ring (bicyclic) bond motifs is 4. The molecular weight excluding hydrogens is 1270 g/mol. The fraction of sp³-hybridized carbons (Fsp3) is 0.909. The van der Waals surface area contributed by atoms with Crippen LogP contribution in [0.2, 0.25) is 0 Å². The first-order valence-electron chi connectivity index (χ1n) is 33.9. The van der Waals surface area contributed by atoms with Gasteiger partial charge in [0.1, 0.15) is 128 Å². The van der Waals surface area contributed by atoms with E-state index in [9.17, 15) is 70.9 Å². The maximum absolute atomic E-state index is 14.8. The first-order valence-corrected chi connectivity index (χ1v) is 33.9. The fourth-order valence-electron chi connectivity index (χ4n) is 18.9. The van der Waals surface area contributed by atoms with Crippen LogP contribution in [0.5, 0.6) is 0 Å². The standard InChI is InChI=1S/C66H104O30/c1-27(2)20-30(88-29(4)68)21-65(9)39-15-18-64(8)32-12-13-38-62(5,6)40(16-17-63(38,7)31(32)14-19-66(39,64)61(80)96-65)91-60-54(42(73)37(26-86-60)90-59-48(79)53(41(72)36(22-67)89-59)94-56-46(77)51(82-11)34(70)24-84-56)95-58-44(75)43(74)49(28(3)87-58)92-57-47(78)52(35(71)25-85-57)93-55-45(76)50(81-10)33(69)23-83-55/h12,28,30-31,33-60,67,69-79H,1,13-26H2,2-11H3/t28-,30+,31-,33-,34-,35-,36-,37-,38+,39-,40+,41-,42+,43-,44-,45-,46-,47-,48-,49-,50+,51+,52+,53+,54-,55+,56+,57+,58+,59+,60+,63-,64+,65+,66-/m1/s1. The molecule has 0 unspecified atom stereocenters. The van der Waals surface area contributed by atoms with Crippen LogP contribution >= 0.6 is 0 Å². The van der Waals surface area contributed by atoms with Crippen LogP contribution in [0.3, 0.4) is 0 Å². The lowest BCUT2D eigenvalue weighted by Crippen LogP contribution is -2.66. The van der Waals surface area contributed by atoms with E-state index in [1.54, 1.807) is 0 Å². The number of cyclic esters (lactones) is 1. The molecule has 30 heteroatoms. The van der Waals surface area contributed by atoms with E-state index in [1.807, 2.05) is 13.8 Å². The third kappa shape index (κ3) is 13.2. The van der Waals surface area contributed by atoms with Gasteiger partial charge in [-0.25, -0.2) is 0 Å². The summed E-state index contributed by atoms with van der Waals surface area (Å²) >= 11 is 0. The molecular formula is C66H104O30. The van der Waals surface area contributed by atoms with E-state index < -0.39 is 220 Å². The van der Waals surface area contributed by atoms with Crippen LogP contribution in [-0.4, -0.2) is 298 Å². The molecule has 11 rings (SSSR count). The molecule has 0 amide bonds. The second kappa shape index (κ2) is 28.9. The second-order valence-electron chi connectivity index (χ2n) is 30.1. The molecule has 3 saturated carbocycles. The summed E-state index contributed by atoms with van der Waals surface area (Å²) in [6, 6.07) is 0. The topological polar surface area (TPSA) is 425 Å². The van der Waals surface area contributed by atoms with Crippen LogP contribution in [-0.2, 0) is 85.4 Å². The lowest BCUT2D eigenvalue weighted by Gasteiger charge is -2.64. The minimum absolute atomic E-state index is 0.00154. The monoisotopic (exact) mass is 1380 g/mol. The number of aliphatic hydroxyl groups excluding tert-OH is 12. The summed E-state index contributed by atoms with van der Waals surface area (Å²) in [6.45, 7) is 17.3. The van der Waals surface area contributed by atoms with Crippen molar-refractivity contribution >= 4 is 11.9 Å². The summed E-state index contributed by atoms with van der Waals surface area (Å²) < 4.78 is 95.8. The minimum atomic E-state index is -1.98. The Hall–Kier alpha value is -2.62. The number of allylic oxidation sites excluding steroid dienone is 2. The van der Waals surface area contributed by atoms with Gasteiger partial charge >= 0.3 is 11.9 Å². The summed E-state index contributed by atoms with van der Waals surface area (Å²) in [7, 11) is 2.52. The van der Waals surface area contributed by atoms with Crippen molar-refractivity contribution in [3.05, 3.63) is 23.8 Å². The molecule has 96 heavy (non-hydrogen) atoms. The number of hydrogen-bond acceptors (Lipinski definition) is 30. The molecule has 0 bridgehead atoms. The molecule has 7 heterocycles. The molecule has 0 aromatic carbocycles. The lowest BCUT2D eigenvalue weighted by molar-refractivity contribution is -0.393. The zero-order valence-electron chi connectivity index (χ0n) is 56.3. The molecule has 7 aliphatic heterocycles. The number of methoxy groups -OCH3 is 2. The van der Waals surface area contributed by atoms with Crippen LogP contribution in [0.15, 0.2) is 23.8 Å². The summed E-state index contributed by atoms with van der Waals surface area (Å²) in [6.07, 6.45) is -33.9. The Morgan fingerprint density at radius 1 is 0.594 bits per heavy atom. The number of esters is 2. The van der Waals surface area contributed by atoms with Gasteiger partial charge in [0.05, 0.1) is 50.7 Å². The normalized spacial score (nSPS) is 51.2. The average Bonchev–Trinajstić information content (AvgIpc) is 1.47. The molecule has 10 fully saturated rings. The SMILES string of the molecule is C=C(C)C[C@@H](C[C@]1(C)OC(=O)[C@]23CC[C@@H]4C(=CC[C@H]5C(C)(C)[C@@H](O[C@@H]6OC[C@@H](O[C@@H]7O[C@H](CO)[C@@H](O)[C@H](O[C@@H]8OC[C@@H](O)[C@H](OC)[C@H]8O)[C@H]7O)[C@H](O)[C@H]6O[C@@H]6O[C@H](C)[C@@H](O[C@@H]7OC[C@@H](O)[C@H](O[C@@H]8OC[C@@H](O)[C@H](OC)[C@H]8O)[C@H]7O)[C@H](O)[C@H]6O)CC[C@]45C)[C@]2(C)CC[C@@H]31)OC(C)=O. The van der Waals surface area contributed by atoms with Crippen molar-refractivity contribution in [2.45, 2.75) is 291 Å². The van der Waals surface area contributed by atoms with Crippen molar-refractivity contribution in [1.82, 2.24) is 0 Å². The number of carbonyl (C=O) groups is 2. The Morgan fingerprint density at radius 2 is 1.15 bits per heavy atom. The van der Waals surface area contributed by atoms with E-state index in [0.29, 0.717) is 38.5 Å². The van der Waals surface area contributed by atoms with Crippen LogP contribution in [0.1, 0.15) is 113 Å². The first-order chi connectivity index (χ1) is 45.3. The largest absolute Gasteiger partial charge is 0.462 e. The van der Waals surface area contributed by atoms with E-state index in [0.717, 1.165) is 24.8 Å². The van der Waals surface area contributed by atoms with Gasteiger partial charge in [0, 0.05) is 45.3 Å². The molecule has 1 spiro atoms. The van der Waals surface area contributed by atoms with Crippen LogP contribution < -0.4 is 0 Å². The number of rotatable bonds is 20. The van der Waals surface area contributed by atoms with Gasteiger partial charge < -0.3 is 137 Å². The Kier molecular flexibility index (Phi) is 22.4. The fourth-order valence-corrected chi connectivity index (χ4v) is 18.9. The van der Waals surface area contributed by atoms with Crippen molar-refractivity contribution in [3.63, 3.8) is 0 Å². The van der Waals surface area contributed by atoms with Gasteiger partial charge in [0.2, 0.25) is 0 Å². The van der Waals surface area contributed by atoms with Gasteiger partial charge in [-0.2, -0.15) is 0 Å². The first kappa shape index (κ1) is 74.6. The Balaban J connectivity index is 0.823. The minimum Gasteiger partial charge on any atom is -0.462 e. The summed E-state index contributed by atoms with van der Waals surface area (Å²) in [4.78, 5) is 27.1. The van der Waals surface area contributed by atoms with Crippen molar-refractivity contribution in [2.24, 2.45) is 39.4 Å². The van der Waals surface area contributed by atoms with E-state index >= 15 is 0 Å². The smallest absolute Gasteiger partial charge is 0.313 e. The van der Waals surface area contributed by atoms with Gasteiger partial charge in [-0.1, -0.05) is 44.9 Å². The zero-order chi connectivity index (χ0) is 69.6. The van der Waals surface area contributed by atoms with Crippen LogP contribution in [0.4, 0.5) is 0 Å². The van der Waals surface area contributed by atoms with Gasteiger partial charge in [-0.3, -0.25) is 9.59 Å². The van der Waals surface area contributed by atoms with Crippen molar-refractivity contribution in [1.29, 1.82) is 0 Å². The third-order valence-corrected chi connectivity index (χ3v) is 23.8. The van der Waals surface area contributed by atoms with Gasteiger partial charge in [0.25, 0.3) is 0 Å². The summed E-state index contributed by atoms with van der Waals surface area (Å²) in [5.41, 5.74) is -0.939. The number of aliphatic hydroxyl groups is 12. The van der Waals surface area contributed by atoms with Crippen molar-refractivity contribution in [2.75, 3.05) is 47.3 Å². The maximum atomic E-state index is 14.8. The highest BCUT2D eigenvalue weighted by molar-refractivity contribution is 5.83. The summed E-state index contributed by atoms with van der Waals surface area (Å²) in [5.74, 6) is -0.621. The van der Waals surface area contributed by atoms with E-state index in [2.05, 4.69) is 40.3 Å². The molecule has 7 saturated heterocycles. The lowest BCUT2D eigenvalue weighted by atomic mass is 9.41. The summed E-state index contributed by atoms with van der Waals surface area (Å²) in [5, 5.41) is 135. The molecule has 0 radical (unpaired) electrons. The van der Waals surface area contributed by atoms with Crippen LogP contribution in [0.25, 0.3) is 0 Å². The molecule has 548 valence electrons.